The Kier molecular flexibility index (Phi) is 7.90. The monoisotopic (exact) mass is 325 g/mol. The summed E-state index contributed by atoms with van der Waals surface area (Å²) in [7, 11) is 4.60. The van der Waals surface area contributed by atoms with Crippen LogP contribution in [-0.2, 0) is 25.5 Å². The van der Waals surface area contributed by atoms with Gasteiger partial charge in [0.2, 0.25) is 0 Å². The van der Waals surface area contributed by atoms with Crippen LogP contribution in [0.5, 0.6) is 11.5 Å². The van der Waals surface area contributed by atoms with Gasteiger partial charge in [-0.15, -0.1) is 0 Å². The molecule has 1 rings (SSSR count). The van der Waals surface area contributed by atoms with Crippen LogP contribution in [0.3, 0.4) is 0 Å². The number of carbonyl (C=O) groups is 2. The van der Waals surface area contributed by atoms with Crippen LogP contribution in [0.2, 0.25) is 0 Å². The van der Waals surface area contributed by atoms with E-state index in [-0.39, 0.29) is 12.3 Å². The Morgan fingerprint density at radius 1 is 1.17 bits per heavy atom. The van der Waals surface area contributed by atoms with Gasteiger partial charge in [-0.3, -0.25) is 9.59 Å². The van der Waals surface area contributed by atoms with Crippen molar-refractivity contribution in [1.29, 1.82) is 0 Å². The van der Waals surface area contributed by atoms with Crippen LogP contribution >= 0.6 is 0 Å². The van der Waals surface area contributed by atoms with Gasteiger partial charge in [0.25, 0.3) is 5.91 Å². The Hall–Kier alpha value is -2.28. The smallest absolute Gasteiger partial charge is 0.311 e. The molecule has 0 aromatic heterocycles. The molecule has 0 spiro atoms. The standard InChI is InChI=1S/C16H23NO6/c1-11(16(19)17-7-8-20-2)23-15(18)9-12-5-6-13(21-3)10-14(12)22-4/h5-6,10-11H,7-9H2,1-4H3,(H,17,19)/t11-/m0/s1. The number of hydrogen-bond donors (Lipinski definition) is 1. The van der Waals surface area contributed by atoms with Crippen molar-refractivity contribution in [2.75, 3.05) is 34.5 Å². The van der Waals surface area contributed by atoms with E-state index in [2.05, 4.69) is 5.32 Å². The molecule has 1 aromatic rings. The average Bonchev–Trinajstić information content (AvgIpc) is 2.55. The number of benzene rings is 1. The molecular formula is C16H23NO6. The normalized spacial score (nSPS) is 11.5. The van der Waals surface area contributed by atoms with E-state index < -0.39 is 12.1 Å². The maximum Gasteiger partial charge on any atom is 0.311 e. The summed E-state index contributed by atoms with van der Waals surface area (Å²) in [5.74, 6) is 0.281. The molecule has 7 heteroatoms. The number of amides is 1. The minimum Gasteiger partial charge on any atom is -0.497 e. The first-order chi connectivity index (χ1) is 11.0. The molecule has 0 fully saturated rings. The van der Waals surface area contributed by atoms with Gasteiger partial charge in [-0.05, 0) is 13.0 Å². The molecule has 1 amide bonds. The Labute approximate surface area is 135 Å². The van der Waals surface area contributed by atoms with Crippen LogP contribution in [0.25, 0.3) is 0 Å². The summed E-state index contributed by atoms with van der Waals surface area (Å²) in [6, 6.07) is 5.14. The second kappa shape index (κ2) is 9.68. The molecular weight excluding hydrogens is 302 g/mol. The third-order valence-corrected chi connectivity index (χ3v) is 3.11. The minimum absolute atomic E-state index is 0.00284. The third kappa shape index (κ3) is 6.15. The van der Waals surface area contributed by atoms with E-state index >= 15 is 0 Å². The largest absolute Gasteiger partial charge is 0.497 e. The van der Waals surface area contributed by atoms with Crippen molar-refractivity contribution in [1.82, 2.24) is 5.32 Å². The third-order valence-electron chi connectivity index (χ3n) is 3.11. The highest BCUT2D eigenvalue weighted by Crippen LogP contribution is 2.25. The molecule has 0 heterocycles. The number of esters is 1. The van der Waals surface area contributed by atoms with E-state index in [1.54, 1.807) is 25.3 Å². The maximum absolute atomic E-state index is 12.0. The summed E-state index contributed by atoms with van der Waals surface area (Å²) >= 11 is 0. The van der Waals surface area contributed by atoms with Crippen LogP contribution in [-0.4, -0.2) is 52.5 Å². The van der Waals surface area contributed by atoms with Crippen LogP contribution in [0.4, 0.5) is 0 Å². The van der Waals surface area contributed by atoms with Crippen LogP contribution in [0.1, 0.15) is 12.5 Å². The molecule has 1 atom stereocenters. The van der Waals surface area contributed by atoms with Crippen molar-refractivity contribution >= 4 is 11.9 Å². The van der Waals surface area contributed by atoms with Crippen molar-refractivity contribution in [3.05, 3.63) is 23.8 Å². The highest BCUT2D eigenvalue weighted by molar-refractivity contribution is 5.84. The fourth-order valence-electron chi connectivity index (χ4n) is 1.87. The molecule has 0 unspecified atom stereocenters. The molecule has 0 saturated carbocycles. The average molecular weight is 325 g/mol. The molecule has 0 radical (unpaired) electrons. The summed E-state index contributed by atoms with van der Waals surface area (Å²) < 4.78 is 20.3. The lowest BCUT2D eigenvalue weighted by Crippen LogP contribution is -2.37. The Bertz CT molecular complexity index is 531. The predicted molar refractivity (Wildman–Crippen MR) is 83.7 cm³/mol. The molecule has 0 aliphatic rings. The molecule has 0 aliphatic heterocycles. The number of rotatable bonds is 9. The molecule has 1 aromatic carbocycles. The number of methoxy groups -OCH3 is 3. The number of hydrogen-bond acceptors (Lipinski definition) is 6. The zero-order valence-electron chi connectivity index (χ0n) is 13.9. The van der Waals surface area contributed by atoms with Crippen LogP contribution < -0.4 is 14.8 Å². The van der Waals surface area contributed by atoms with E-state index in [1.165, 1.54) is 21.1 Å². The summed E-state index contributed by atoms with van der Waals surface area (Å²) in [5.41, 5.74) is 0.658. The van der Waals surface area contributed by atoms with Gasteiger partial charge in [-0.2, -0.15) is 0 Å². The number of ether oxygens (including phenoxy) is 4. The lowest BCUT2D eigenvalue weighted by Gasteiger charge is -2.14. The van der Waals surface area contributed by atoms with Gasteiger partial charge in [0.1, 0.15) is 11.5 Å². The number of nitrogens with one attached hydrogen (secondary N) is 1. The topological polar surface area (TPSA) is 83.1 Å². The molecule has 1 N–H and O–H groups in total. The minimum atomic E-state index is -0.872. The zero-order chi connectivity index (χ0) is 17.2. The lowest BCUT2D eigenvalue weighted by molar-refractivity contribution is -0.154. The van der Waals surface area contributed by atoms with Crippen LogP contribution in [0.15, 0.2) is 18.2 Å². The Morgan fingerprint density at radius 2 is 1.91 bits per heavy atom. The van der Waals surface area contributed by atoms with Crippen molar-refractivity contribution in [2.45, 2.75) is 19.4 Å². The van der Waals surface area contributed by atoms with Crippen molar-refractivity contribution < 1.29 is 28.5 Å². The quantitative estimate of drug-likeness (QED) is 0.537. The Morgan fingerprint density at radius 3 is 2.52 bits per heavy atom. The van der Waals surface area contributed by atoms with Gasteiger partial charge < -0.3 is 24.3 Å². The van der Waals surface area contributed by atoms with Gasteiger partial charge in [0.15, 0.2) is 6.10 Å². The van der Waals surface area contributed by atoms with Gasteiger partial charge in [-0.1, -0.05) is 6.07 Å². The highest BCUT2D eigenvalue weighted by atomic mass is 16.5. The van der Waals surface area contributed by atoms with E-state index in [1.807, 2.05) is 0 Å². The van der Waals surface area contributed by atoms with Gasteiger partial charge in [0.05, 0.1) is 27.2 Å². The molecule has 23 heavy (non-hydrogen) atoms. The van der Waals surface area contributed by atoms with Crippen molar-refractivity contribution in [3.8, 4) is 11.5 Å². The molecule has 0 bridgehead atoms. The summed E-state index contributed by atoms with van der Waals surface area (Å²) in [6.45, 7) is 2.28. The van der Waals surface area contributed by atoms with E-state index in [0.29, 0.717) is 30.2 Å². The second-order valence-electron chi connectivity index (χ2n) is 4.77. The lowest BCUT2D eigenvalue weighted by atomic mass is 10.1. The molecule has 7 nitrogen and oxygen atoms in total. The second-order valence-corrected chi connectivity index (χ2v) is 4.77. The molecule has 0 saturated heterocycles. The summed E-state index contributed by atoms with van der Waals surface area (Å²) in [4.78, 5) is 23.7. The van der Waals surface area contributed by atoms with Gasteiger partial charge >= 0.3 is 5.97 Å². The first-order valence-corrected chi connectivity index (χ1v) is 7.18. The summed E-state index contributed by atoms with van der Waals surface area (Å²) in [6.07, 6.45) is -0.869. The van der Waals surface area contributed by atoms with Gasteiger partial charge in [-0.25, -0.2) is 0 Å². The first-order valence-electron chi connectivity index (χ1n) is 7.18. The summed E-state index contributed by atoms with van der Waals surface area (Å²) in [5, 5.41) is 2.61. The zero-order valence-corrected chi connectivity index (χ0v) is 13.9. The van der Waals surface area contributed by atoms with E-state index in [4.69, 9.17) is 18.9 Å². The Balaban J connectivity index is 2.57. The van der Waals surface area contributed by atoms with Crippen molar-refractivity contribution in [2.24, 2.45) is 0 Å². The fourth-order valence-corrected chi connectivity index (χ4v) is 1.87. The predicted octanol–water partition coefficient (Wildman–Crippen LogP) is 0.941. The molecule has 128 valence electrons. The fraction of sp³-hybridized carbons (Fsp3) is 0.500. The van der Waals surface area contributed by atoms with E-state index in [0.717, 1.165) is 0 Å². The molecule has 0 aliphatic carbocycles. The van der Waals surface area contributed by atoms with Gasteiger partial charge in [0, 0.05) is 25.3 Å². The van der Waals surface area contributed by atoms with E-state index in [9.17, 15) is 9.59 Å². The maximum atomic E-state index is 12.0. The first kappa shape index (κ1) is 18.8. The van der Waals surface area contributed by atoms with Crippen molar-refractivity contribution in [3.63, 3.8) is 0 Å². The SMILES string of the molecule is COCCNC(=O)[C@H](C)OC(=O)Cc1ccc(OC)cc1OC. The number of carbonyl (C=O) groups excluding carboxylic acids is 2. The highest BCUT2D eigenvalue weighted by Gasteiger charge is 2.18. The van der Waals surface area contributed by atoms with Crippen LogP contribution in [0, 0.1) is 0 Å².